The van der Waals surface area contributed by atoms with E-state index in [-0.39, 0.29) is 11.1 Å². The van der Waals surface area contributed by atoms with Gasteiger partial charge in [-0.2, -0.15) is 5.06 Å². The summed E-state index contributed by atoms with van der Waals surface area (Å²) in [6.45, 7) is 12.3. The summed E-state index contributed by atoms with van der Waals surface area (Å²) in [5.74, 6) is 0. The van der Waals surface area contributed by atoms with Crippen LogP contribution in [0.2, 0.25) is 0 Å². The van der Waals surface area contributed by atoms with Crippen molar-refractivity contribution in [1.29, 1.82) is 0 Å². The Bertz CT molecular complexity index is 269. The van der Waals surface area contributed by atoms with E-state index in [1.807, 2.05) is 13.8 Å². The minimum atomic E-state index is -0.261. The van der Waals surface area contributed by atoms with Crippen LogP contribution in [0.3, 0.4) is 0 Å². The lowest BCUT2D eigenvalue weighted by Crippen LogP contribution is -2.48. The predicted octanol–water partition coefficient (Wildman–Crippen LogP) is 2.56. The standard InChI is InChI=1S/C13H26N2O/c1-6-7-8-14-10-11-9-12(2,3)15(16)13(11,4)5/h9,14,16H,6-8,10H2,1-5H3. The molecule has 3 heteroatoms. The molecule has 94 valence electrons. The second-order valence-electron chi connectivity index (χ2n) is 5.72. The molecule has 1 heterocycles. The molecule has 0 spiro atoms. The zero-order chi connectivity index (χ0) is 12.4. The minimum absolute atomic E-state index is 0.259. The molecule has 0 aromatic carbocycles. The number of hydroxylamine groups is 2. The first-order valence-corrected chi connectivity index (χ1v) is 6.24. The number of hydrogen-bond donors (Lipinski definition) is 2. The number of rotatable bonds is 5. The number of nitrogens with zero attached hydrogens (tertiary/aromatic N) is 1. The Morgan fingerprint density at radius 1 is 1.31 bits per heavy atom. The van der Waals surface area contributed by atoms with E-state index in [1.54, 1.807) is 0 Å². The maximum atomic E-state index is 10.1. The third-order valence-corrected chi connectivity index (χ3v) is 3.41. The lowest BCUT2D eigenvalue weighted by atomic mass is 9.96. The molecule has 0 radical (unpaired) electrons. The summed E-state index contributed by atoms with van der Waals surface area (Å²) >= 11 is 0. The maximum absolute atomic E-state index is 10.1. The van der Waals surface area contributed by atoms with Gasteiger partial charge in [-0.05, 0) is 46.2 Å². The van der Waals surface area contributed by atoms with Crippen LogP contribution in [0.25, 0.3) is 0 Å². The fourth-order valence-corrected chi connectivity index (χ4v) is 2.31. The lowest BCUT2D eigenvalue weighted by molar-refractivity contribution is -0.185. The quantitative estimate of drug-likeness (QED) is 0.558. The third kappa shape index (κ3) is 2.65. The van der Waals surface area contributed by atoms with Crippen LogP contribution in [0.15, 0.2) is 11.6 Å². The second kappa shape index (κ2) is 4.86. The van der Waals surface area contributed by atoms with Crippen LogP contribution in [-0.2, 0) is 0 Å². The van der Waals surface area contributed by atoms with Crippen LogP contribution in [0.1, 0.15) is 47.5 Å². The lowest BCUT2D eigenvalue weighted by Gasteiger charge is -2.36. The fourth-order valence-electron chi connectivity index (χ4n) is 2.31. The van der Waals surface area contributed by atoms with Crippen LogP contribution in [0.4, 0.5) is 0 Å². The zero-order valence-corrected chi connectivity index (χ0v) is 11.3. The molecule has 0 aromatic rings. The topological polar surface area (TPSA) is 35.5 Å². The van der Waals surface area contributed by atoms with Crippen molar-refractivity contribution in [2.24, 2.45) is 0 Å². The summed E-state index contributed by atoms with van der Waals surface area (Å²) in [5, 5.41) is 15.0. The van der Waals surface area contributed by atoms with Crippen LogP contribution in [-0.4, -0.2) is 34.4 Å². The summed E-state index contributed by atoms with van der Waals surface area (Å²) in [6.07, 6.45) is 4.60. The molecule has 0 aliphatic carbocycles. The van der Waals surface area contributed by atoms with Gasteiger partial charge in [0, 0.05) is 6.54 Å². The second-order valence-corrected chi connectivity index (χ2v) is 5.72. The van der Waals surface area contributed by atoms with Gasteiger partial charge in [-0.15, -0.1) is 0 Å². The van der Waals surface area contributed by atoms with Crippen molar-refractivity contribution in [2.45, 2.75) is 58.5 Å². The first-order valence-electron chi connectivity index (χ1n) is 6.24. The van der Waals surface area contributed by atoms with Gasteiger partial charge in [0.2, 0.25) is 0 Å². The minimum Gasteiger partial charge on any atom is -0.313 e. The highest BCUT2D eigenvalue weighted by atomic mass is 16.5. The van der Waals surface area contributed by atoms with E-state index >= 15 is 0 Å². The fraction of sp³-hybridized carbons (Fsp3) is 0.846. The Kier molecular flexibility index (Phi) is 4.16. The molecular formula is C13H26N2O. The van der Waals surface area contributed by atoms with Crippen LogP contribution < -0.4 is 5.32 Å². The van der Waals surface area contributed by atoms with E-state index in [0.29, 0.717) is 0 Å². The average Bonchev–Trinajstić information content (AvgIpc) is 2.34. The number of unbranched alkanes of at least 4 members (excludes halogenated alkanes) is 1. The Balaban J connectivity index is 2.59. The number of hydrogen-bond acceptors (Lipinski definition) is 3. The number of nitrogens with one attached hydrogen (secondary N) is 1. The summed E-state index contributed by atoms with van der Waals surface area (Å²) in [7, 11) is 0. The normalized spacial score (nSPS) is 23.5. The van der Waals surface area contributed by atoms with Gasteiger partial charge >= 0.3 is 0 Å². The third-order valence-electron chi connectivity index (χ3n) is 3.41. The first-order chi connectivity index (χ1) is 7.32. The van der Waals surface area contributed by atoms with E-state index < -0.39 is 0 Å². The van der Waals surface area contributed by atoms with Crippen molar-refractivity contribution in [3.05, 3.63) is 11.6 Å². The van der Waals surface area contributed by atoms with Crippen molar-refractivity contribution >= 4 is 0 Å². The van der Waals surface area contributed by atoms with Gasteiger partial charge in [-0.1, -0.05) is 19.4 Å². The molecule has 2 N–H and O–H groups in total. The first kappa shape index (κ1) is 13.7. The van der Waals surface area contributed by atoms with Crippen molar-refractivity contribution in [3.8, 4) is 0 Å². The molecule has 3 nitrogen and oxygen atoms in total. The molecule has 1 aliphatic heterocycles. The van der Waals surface area contributed by atoms with Crippen LogP contribution in [0.5, 0.6) is 0 Å². The Hall–Kier alpha value is -0.380. The highest BCUT2D eigenvalue weighted by Crippen LogP contribution is 2.37. The van der Waals surface area contributed by atoms with Crippen molar-refractivity contribution in [1.82, 2.24) is 10.4 Å². The Morgan fingerprint density at radius 2 is 1.94 bits per heavy atom. The van der Waals surface area contributed by atoms with Gasteiger partial charge in [0.05, 0.1) is 11.1 Å². The molecule has 0 saturated heterocycles. The molecule has 0 unspecified atom stereocenters. The van der Waals surface area contributed by atoms with E-state index in [4.69, 9.17) is 0 Å². The Labute approximate surface area is 99.5 Å². The van der Waals surface area contributed by atoms with E-state index in [2.05, 4.69) is 32.2 Å². The van der Waals surface area contributed by atoms with E-state index in [1.165, 1.54) is 23.5 Å². The summed E-state index contributed by atoms with van der Waals surface area (Å²) in [6, 6.07) is 0. The monoisotopic (exact) mass is 226 g/mol. The molecule has 0 amide bonds. The van der Waals surface area contributed by atoms with Gasteiger partial charge in [-0.25, -0.2) is 0 Å². The van der Waals surface area contributed by atoms with Gasteiger partial charge in [0.15, 0.2) is 0 Å². The van der Waals surface area contributed by atoms with Gasteiger partial charge in [0.25, 0.3) is 0 Å². The van der Waals surface area contributed by atoms with Crippen molar-refractivity contribution in [3.63, 3.8) is 0 Å². The maximum Gasteiger partial charge on any atom is 0.0635 e. The molecule has 0 bridgehead atoms. The SMILES string of the molecule is CCCCNCC1=CC(C)(C)N(O)C1(C)C. The highest BCUT2D eigenvalue weighted by molar-refractivity contribution is 5.30. The van der Waals surface area contributed by atoms with Crippen LogP contribution >= 0.6 is 0 Å². The van der Waals surface area contributed by atoms with Gasteiger partial charge in [-0.3, -0.25) is 0 Å². The van der Waals surface area contributed by atoms with E-state index in [9.17, 15) is 5.21 Å². The summed E-state index contributed by atoms with van der Waals surface area (Å²) in [4.78, 5) is 0. The average molecular weight is 226 g/mol. The molecule has 16 heavy (non-hydrogen) atoms. The van der Waals surface area contributed by atoms with Crippen LogP contribution in [0, 0.1) is 0 Å². The van der Waals surface area contributed by atoms with Gasteiger partial charge < -0.3 is 10.5 Å². The van der Waals surface area contributed by atoms with Crippen molar-refractivity contribution in [2.75, 3.05) is 13.1 Å². The predicted molar refractivity (Wildman–Crippen MR) is 67.6 cm³/mol. The largest absolute Gasteiger partial charge is 0.313 e. The molecule has 1 rings (SSSR count). The molecule has 1 aliphatic rings. The van der Waals surface area contributed by atoms with E-state index in [0.717, 1.165) is 13.1 Å². The summed E-state index contributed by atoms with van der Waals surface area (Å²) in [5.41, 5.74) is 0.754. The smallest absolute Gasteiger partial charge is 0.0635 e. The highest BCUT2D eigenvalue weighted by Gasteiger charge is 2.44. The molecule has 0 saturated carbocycles. The van der Waals surface area contributed by atoms with Gasteiger partial charge in [0.1, 0.15) is 0 Å². The zero-order valence-electron chi connectivity index (χ0n) is 11.3. The Morgan fingerprint density at radius 3 is 2.38 bits per heavy atom. The molecule has 0 fully saturated rings. The summed E-state index contributed by atoms with van der Waals surface area (Å²) < 4.78 is 0. The molecule has 0 aromatic heterocycles. The molecule has 0 atom stereocenters. The van der Waals surface area contributed by atoms with Crippen molar-refractivity contribution < 1.29 is 5.21 Å². The molecular weight excluding hydrogens is 200 g/mol.